The molecular weight excluding hydrogens is 297 g/mol. The first-order valence-electron chi connectivity index (χ1n) is 7.46. The number of rotatable bonds is 3. The Balaban J connectivity index is 1.82. The Labute approximate surface area is 134 Å². The van der Waals surface area contributed by atoms with Crippen LogP contribution in [0.2, 0.25) is 0 Å². The molecule has 0 N–H and O–H groups in total. The number of aryl methyl sites for hydroxylation is 1. The minimum atomic E-state index is -0.250. The van der Waals surface area contributed by atoms with Crippen molar-refractivity contribution >= 4 is 17.7 Å². The average Bonchev–Trinajstić information content (AvgIpc) is 3.04. The fourth-order valence-electron chi connectivity index (χ4n) is 2.63. The summed E-state index contributed by atoms with van der Waals surface area (Å²) in [5.74, 6) is 0.697. The smallest absolute Gasteiger partial charge is 0.255 e. The summed E-state index contributed by atoms with van der Waals surface area (Å²) in [5.41, 5.74) is 2.91. The van der Waals surface area contributed by atoms with E-state index in [1.165, 1.54) is 17.7 Å². The normalized spacial score (nSPS) is 17.7. The number of carbonyl (C=O) groups excluding carboxylic acids is 1. The van der Waals surface area contributed by atoms with Crippen molar-refractivity contribution in [3.63, 3.8) is 0 Å². The largest absolute Gasteiger partial charge is 0.322 e. The zero-order valence-electron chi connectivity index (χ0n) is 12.5. The van der Waals surface area contributed by atoms with E-state index < -0.39 is 0 Å². The molecule has 1 atom stereocenters. The van der Waals surface area contributed by atoms with E-state index in [1.54, 1.807) is 23.9 Å². The zero-order valence-corrected chi connectivity index (χ0v) is 13.3. The van der Waals surface area contributed by atoms with Gasteiger partial charge in [-0.25, -0.2) is 4.39 Å². The number of thioether (sulfide) groups is 1. The number of hydrogen-bond acceptors (Lipinski definition) is 2. The van der Waals surface area contributed by atoms with Crippen molar-refractivity contribution in [2.24, 2.45) is 0 Å². The summed E-state index contributed by atoms with van der Waals surface area (Å²) in [4.78, 5) is 14.6. The first-order chi connectivity index (χ1) is 10.7. The molecule has 1 fully saturated rings. The molecular formula is C18H18FNOS. The topological polar surface area (TPSA) is 20.3 Å². The molecule has 114 valence electrons. The van der Waals surface area contributed by atoms with Crippen LogP contribution in [0.5, 0.6) is 0 Å². The lowest BCUT2D eigenvalue weighted by atomic mass is 10.1. The third kappa shape index (κ3) is 3.02. The van der Waals surface area contributed by atoms with Gasteiger partial charge in [-0.3, -0.25) is 4.79 Å². The van der Waals surface area contributed by atoms with Gasteiger partial charge in [0.05, 0.1) is 0 Å². The van der Waals surface area contributed by atoms with Crippen LogP contribution in [0.3, 0.4) is 0 Å². The summed E-state index contributed by atoms with van der Waals surface area (Å²) in [5, 5.41) is -0.0287. The van der Waals surface area contributed by atoms with Crippen LogP contribution in [0.1, 0.15) is 33.8 Å². The molecule has 3 rings (SSSR count). The number of amides is 1. The summed E-state index contributed by atoms with van der Waals surface area (Å²) in [6.45, 7) is 2.82. The summed E-state index contributed by atoms with van der Waals surface area (Å²) >= 11 is 1.72. The van der Waals surface area contributed by atoms with Gasteiger partial charge in [0.1, 0.15) is 11.2 Å². The molecule has 22 heavy (non-hydrogen) atoms. The van der Waals surface area contributed by atoms with Gasteiger partial charge < -0.3 is 4.90 Å². The highest BCUT2D eigenvalue weighted by Gasteiger charge is 2.31. The van der Waals surface area contributed by atoms with Gasteiger partial charge in [0.2, 0.25) is 0 Å². The molecule has 2 aromatic rings. The van der Waals surface area contributed by atoms with Crippen molar-refractivity contribution in [2.45, 2.75) is 18.7 Å². The van der Waals surface area contributed by atoms with Gasteiger partial charge in [0.25, 0.3) is 5.91 Å². The fraction of sp³-hybridized carbons (Fsp3) is 0.278. The van der Waals surface area contributed by atoms with E-state index in [1.807, 2.05) is 29.2 Å². The van der Waals surface area contributed by atoms with Crippen molar-refractivity contribution in [1.29, 1.82) is 0 Å². The van der Waals surface area contributed by atoms with Crippen LogP contribution < -0.4 is 0 Å². The molecule has 1 heterocycles. The zero-order chi connectivity index (χ0) is 15.5. The Morgan fingerprint density at radius 3 is 2.50 bits per heavy atom. The first kappa shape index (κ1) is 15.1. The summed E-state index contributed by atoms with van der Waals surface area (Å²) in [6, 6.07) is 14.2. The third-order valence-electron chi connectivity index (χ3n) is 3.92. The Bertz CT molecular complexity index is 654. The monoisotopic (exact) mass is 315 g/mol. The van der Waals surface area contributed by atoms with E-state index in [2.05, 4.69) is 6.92 Å². The molecule has 2 aromatic carbocycles. The van der Waals surface area contributed by atoms with E-state index in [4.69, 9.17) is 0 Å². The maximum Gasteiger partial charge on any atom is 0.255 e. The van der Waals surface area contributed by atoms with E-state index in [0.717, 1.165) is 24.3 Å². The van der Waals surface area contributed by atoms with Gasteiger partial charge in [0.15, 0.2) is 0 Å². The van der Waals surface area contributed by atoms with Gasteiger partial charge in [-0.2, -0.15) is 0 Å². The van der Waals surface area contributed by atoms with Crippen LogP contribution in [0, 0.1) is 5.82 Å². The standard InChI is InChI=1S/C18H18FNOS/c1-2-13-3-5-14(6-4-13)17(21)20-11-12-22-18(20)15-7-9-16(19)10-8-15/h3-10,18H,2,11-12H2,1H3/t18-/m0/s1. The molecule has 0 saturated carbocycles. The molecule has 1 amide bonds. The lowest BCUT2D eigenvalue weighted by molar-refractivity contribution is 0.0760. The Morgan fingerprint density at radius 2 is 1.86 bits per heavy atom. The van der Waals surface area contributed by atoms with Gasteiger partial charge in [-0.05, 0) is 41.8 Å². The van der Waals surface area contributed by atoms with Crippen LogP contribution in [-0.2, 0) is 6.42 Å². The van der Waals surface area contributed by atoms with E-state index in [0.29, 0.717) is 5.56 Å². The maximum absolute atomic E-state index is 13.1. The van der Waals surface area contributed by atoms with Crippen LogP contribution in [-0.4, -0.2) is 23.1 Å². The molecule has 0 bridgehead atoms. The molecule has 2 nitrogen and oxygen atoms in total. The second-order valence-corrected chi connectivity index (χ2v) is 6.51. The minimum Gasteiger partial charge on any atom is -0.322 e. The van der Waals surface area contributed by atoms with Crippen molar-refractivity contribution in [3.05, 3.63) is 71.0 Å². The summed E-state index contributed by atoms with van der Waals surface area (Å²) < 4.78 is 13.1. The molecule has 0 radical (unpaired) electrons. The van der Waals surface area contributed by atoms with E-state index in [-0.39, 0.29) is 17.1 Å². The van der Waals surface area contributed by atoms with Crippen molar-refractivity contribution in [3.8, 4) is 0 Å². The molecule has 0 unspecified atom stereocenters. The van der Waals surface area contributed by atoms with Gasteiger partial charge in [0, 0.05) is 17.9 Å². The second-order valence-electron chi connectivity index (χ2n) is 5.32. The van der Waals surface area contributed by atoms with E-state index in [9.17, 15) is 9.18 Å². The van der Waals surface area contributed by atoms with Crippen molar-refractivity contribution < 1.29 is 9.18 Å². The number of nitrogens with zero attached hydrogens (tertiary/aromatic N) is 1. The number of halogens is 1. The lowest BCUT2D eigenvalue weighted by Gasteiger charge is -2.24. The van der Waals surface area contributed by atoms with Crippen LogP contribution in [0.4, 0.5) is 4.39 Å². The molecule has 0 aliphatic carbocycles. The van der Waals surface area contributed by atoms with Gasteiger partial charge >= 0.3 is 0 Å². The quantitative estimate of drug-likeness (QED) is 0.843. The first-order valence-corrected chi connectivity index (χ1v) is 8.51. The minimum absolute atomic E-state index is 0.0287. The lowest BCUT2D eigenvalue weighted by Crippen LogP contribution is -2.30. The average molecular weight is 315 g/mol. The Kier molecular flexibility index (Phi) is 4.48. The van der Waals surface area contributed by atoms with Crippen LogP contribution in [0.15, 0.2) is 48.5 Å². The highest BCUT2D eigenvalue weighted by molar-refractivity contribution is 7.99. The van der Waals surface area contributed by atoms with Gasteiger partial charge in [-0.1, -0.05) is 31.2 Å². The molecule has 0 spiro atoms. The molecule has 4 heteroatoms. The highest BCUT2D eigenvalue weighted by atomic mass is 32.2. The summed E-state index contributed by atoms with van der Waals surface area (Å²) in [6.07, 6.45) is 0.965. The fourth-order valence-corrected chi connectivity index (χ4v) is 3.89. The Hall–Kier alpha value is -1.81. The maximum atomic E-state index is 13.1. The second kappa shape index (κ2) is 6.53. The predicted octanol–water partition coefficient (Wildman–Crippen LogP) is 4.28. The van der Waals surface area contributed by atoms with Gasteiger partial charge in [-0.15, -0.1) is 11.8 Å². The number of carbonyl (C=O) groups is 1. The highest BCUT2D eigenvalue weighted by Crippen LogP contribution is 2.38. The number of benzene rings is 2. The summed E-state index contributed by atoms with van der Waals surface area (Å²) in [7, 11) is 0. The van der Waals surface area contributed by atoms with Crippen molar-refractivity contribution in [1.82, 2.24) is 4.90 Å². The molecule has 1 aliphatic rings. The van der Waals surface area contributed by atoms with Crippen LogP contribution in [0.25, 0.3) is 0 Å². The SMILES string of the molecule is CCc1ccc(C(=O)N2CCS[C@H]2c2ccc(F)cc2)cc1. The molecule has 0 aromatic heterocycles. The predicted molar refractivity (Wildman–Crippen MR) is 88.5 cm³/mol. The number of hydrogen-bond donors (Lipinski definition) is 0. The van der Waals surface area contributed by atoms with E-state index >= 15 is 0 Å². The van der Waals surface area contributed by atoms with Crippen LogP contribution >= 0.6 is 11.8 Å². The third-order valence-corrected chi connectivity index (χ3v) is 5.18. The Morgan fingerprint density at radius 1 is 1.18 bits per heavy atom. The van der Waals surface area contributed by atoms with Crippen molar-refractivity contribution in [2.75, 3.05) is 12.3 Å². The molecule has 1 aliphatic heterocycles. The molecule has 1 saturated heterocycles.